The van der Waals surface area contributed by atoms with Crippen LogP contribution in [0, 0.1) is 0 Å². The summed E-state index contributed by atoms with van der Waals surface area (Å²) in [6.07, 6.45) is 0. The van der Waals surface area contributed by atoms with Crippen molar-refractivity contribution in [1.82, 2.24) is 4.37 Å². The van der Waals surface area contributed by atoms with Crippen molar-refractivity contribution in [2.75, 3.05) is 7.11 Å². The monoisotopic (exact) mass is 235 g/mol. The van der Waals surface area contributed by atoms with Gasteiger partial charge in [-0.2, -0.15) is 4.37 Å². The zero-order chi connectivity index (χ0) is 11.5. The van der Waals surface area contributed by atoms with Gasteiger partial charge in [0.2, 0.25) is 5.88 Å². The molecule has 1 N–H and O–H groups in total. The topological polar surface area (TPSA) is 59.4 Å². The summed E-state index contributed by atoms with van der Waals surface area (Å²) in [6.45, 7) is 0. The van der Waals surface area contributed by atoms with E-state index in [1.165, 1.54) is 18.6 Å². The molecule has 2 rings (SSSR count). The lowest BCUT2D eigenvalue weighted by Crippen LogP contribution is -1.99. The number of carbonyl (C=O) groups is 1. The van der Waals surface area contributed by atoms with Gasteiger partial charge >= 0.3 is 5.97 Å². The Balaban J connectivity index is 2.60. The molecule has 0 saturated carbocycles. The van der Waals surface area contributed by atoms with E-state index in [2.05, 4.69) is 4.37 Å². The fourth-order valence-electron chi connectivity index (χ4n) is 1.46. The van der Waals surface area contributed by atoms with Gasteiger partial charge in [-0.3, -0.25) is 0 Å². The summed E-state index contributed by atoms with van der Waals surface area (Å²) in [5, 5.41) is 10.8. The molecule has 0 fully saturated rings. The van der Waals surface area contributed by atoms with Crippen molar-refractivity contribution < 1.29 is 14.6 Å². The highest BCUT2D eigenvalue weighted by Gasteiger charge is 2.15. The lowest BCUT2D eigenvalue weighted by Gasteiger charge is -2.05. The predicted molar refractivity (Wildman–Crippen MR) is 61.1 cm³/mol. The third-order valence-corrected chi connectivity index (χ3v) is 2.79. The summed E-state index contributed by atoms with van der Waals surface area (Å²) < 4.78 is 9.12. The number of aromatic carboxylic acids is 1. The zero-order valence-corrected chi connectivity index (χ0v) is 9.32. The normalized spacial score (nSPS) is 10.1. The first-order valence-electron chi connectivity index (χ1n) is 4.55. The Hall–Kier alpha value is -1.88. The van der Waals surface area contributed by atoms with Crippen LogP contribution in [0.15, 0.2) is 29.6 Å². The van der Waals surface area contributed by atoms with Gasteiger partial charge in [0.25, 0.3) is 0 Å². The first-order valence-corrected chi connectivity index (χ1v) is 5.38. The van der Waals surface area contributed by atoms with Gasteiger partial charge in [-0.25, -0.2) is 4.79 Å². The number of carboxylic acids is 1. The van der Waals surface area contributed by atoms with Crippen molar-refractivity contribution in [2.24, 2.45) is 0 Å². The van der Waals surface area contributed by atoms with Gasteiger partial charge in [-0.05, 0) is 17.6 Å². The molecule has 0 radical (unpaired) electrons. The average Bonchev–Trinajstić information content (AvgIpc) is 2.76. The highest BCUT2D eigenvalue weighted by atomic mass is 32.1. The van der Waals surface area contributed by atoms with Crippen LogP contribution >= 0.6 is 11.5 Å². The highest BCUT2D eigenvalue weighted by molar-refractivity contribution is 7.04. The van der Waals surface area contributed by atoms with E-state index in [4.69, 9.17) is 9.84 Å². The second-order valence-electron chi connectivity index (χ2n) is 3.09. The molecule has 4 nitrogen and oxygen atoms in total. The molecule has 82 valence electrons. The molecule has 1 aromatic carbocycles. The molecular weight excluding hydrogens is 226 g/mol. The summed E-state index contributed by atoms with van der Waals surface area (Å²) in [4.78, 5) is 11.1. The van der Waals surface area contributed by atoms with E-state index in [1.54, 1.807) is 29.6 Å². The van der Waals surface area contributed by atoms with Crippen LogP contribution in [0.3, 0.4) is 0 Å². The summed E-state index contributed by atoms with van der Waals surface area (Å²) >= 11 is 1.24. The van der Waals surface area contributed by atoms with Crippen molar-refractivity contribution in [1.29, 1.82) is 0 Å². The van der Waals surface area contributed by atoms with Crippen molar-refractivity contribution in [3.8, 4) is 17.0 Å². The maximum absolute atomic E-state index is 11.1. The van der Waals surface area contributed by atoms with E-state index in [1.807, 2.05) is 0 Å². The van der Waals surface area contributed by atoms with Crippen molar-refractivity contribution >= 4 is 17.5 Å². The lowest BCUT2D eigenvalue weighted by atomic mass is 10.0. The number of benzene rings is 1. The minimum absolute atomic E-state index is 0.251. The summed E-state index contributed by atoms with van der Waals surface area (Å²) in [7, 11) is 1.52. The molecule has 0 bridgehead atoms. The van der Waals surface area contributed by atoms with E-state index >= 15 is 0 Å². The summed E-state index contributed by atoms with van der Waals surface area (Å²) in [5.74, 6) is -0.498. The SMILES string of the molecule is COc1nscc1-c1ccccc1C(=O)O. The van der Waals surface area contributed by atoms with Crippen LogP contribution in [0.25, 0.3) is 11.1 Å². The van der Waals surface area contributed by atoms with Gasteiger partial charge in [-0.1, -0.05) is 18.2 Å². The van der Waals surface area contributed by atoms with E-state index in [-0.39, 0.29) is 5.56 Å². The first-order chi connectivity index (χ1) is 7.74. The summed E-state index contributed by atoms with van der Waals surface area (Å²) in [5.41, 5.74) is 1.59. The maximum atomic E-state index is 11.1. The van der Waals surface area contributed by atoms with Gasteiger partial charge in [0.15, 0.2) is 0 Å². The van der Waals surface area contributed by atoms with Crippen LogP contribution in [-0.4, -0.2) is 22.6 Å². The molecule has 5 heteroatoms. The molecule has 0 spiro atoms. The molecule has 2 aromatic rings. The smallest absolute Gasteiger partial charge is 0.336 e. The van der Waals surface area contributed by atoms with Crippen LogP contribution in [0.5, 0.6) is 5.88 Å². The molecule has 0 aliphatic carbocycles. The van der Waals surface area contributed by atoms with Crippen molar-refractivity contribution in [2.45, 2.75) is 0 Å². The van der Waals surface area contributed by atoms with E-state index in [0.29, 0.717) is 17.0 Å². The number of methoxy groups -OCH3 is 1. The Labute approximate surface area is 96.3 Å². The van der Waals surface area contributed by atoms with Crippen LogP contribution in [0.4, 0.5) is 0 Å². The van der Waals surface area contributed by atoms with E-state index in [0.717, 1.165) is 0 Å². The summed E-state index contributed by atoms with van der Waals surface area (Å²) in [6, 6.07) is 6.79. The maximum Gasteiger partial charge on any atom is 0.336 e. The minimum atomic E-state index is -0.955. The first kappa shape index (κ1) is 10.6. The zero-order valence-electron chi connectivity index (χ0n) is 8.51. The molecule has 1 aromatic heterocycles. The largest absolute Gasteiger partial charge is 0.480 e. The van der Waals surface area contributed by atoms with Crippen molar-refractivity contribution in [3.05, 3.63) is 35.2 Å². The molecule has 0 atom stereocenters. The third kappa shape index (κ3) is 1.77. The van der Waals surface area contributed by atoms with E-state index < -0.39 is 5.97 Å². The van der Waals surface area contributed by atoms with Gasteiger partial charge in [-0.15, -0.1) is 0 Å². The van der Waals surface area contributed by atoms with E-state index in [9.17, 15) is 4.79 Å². The van der Waals surface area contributed by atoms with Gasteiger partial charge in [0.05, 0.1) is 18.2 Å². The predicted octanol–water partition coefficient (Wildman–Crippen LogP) is 2.52. The van der Waals surface area contributed by atoms with Gasteiger partial charge in [0, 0.05) is 10.9 Å². The van der Waals surface area contributed by atoms with Crippen molar-refractivity contribution in [3.63, 3.8) is 0 Å². The Kier molecular flexibility index (Phi) is 2.87. The molecule has 0 unspecified atom stereocenters. The molecule has 16 heavy (non-hydrogen) atoms. The fraction of sp³-hybridized carbons (Fsp3) is 0.0909. The van der Waals surface area contributed by atoms with Crippen LogP contribution in [-0.2, 0) is 0 Å². The quantitative estimate of drug-likeness (QED) is 0.888. The standard InChI is InChI=1S/C11H9NO3S/c1-15-10-9(6-16-12-10)7-4-2-3-5-8(7)11(13)14/h2-6H,1H3,(H,13,14). The number of rotatable bonds is 3. The van der Waals surface area contributed by atoms with Crippen LogP contribution < -0.4 is 4.74 Å². The fourth-order valence-corrected chi connectivity index (χ4v) is 2.11. The van der Waals surface area contributed by atoms with Gasteiger partial charge in [0.1, 0.15) is 0 Å². The molecule has 1 heterocycles. The molecule has 0 amide bonds. The van der Waals surface area contributed by atoms with Crippen LogP contribution in [0.2, 0.25) is 0 Å². The lowest BCUT2D eigenvalue weighted by molar-refractivity contribution is 0.0698. The molecule has 0 aliphatic rings. The molecular formula is C11H9NO3S. The third-order valence-electron chi connectivity index (χ3n) is 2.18. The number of hydrogen-bond acceptors (Lipinski definition) is 4. The number of nitrogens with zero attached hydrogens (tertiary/aromatic N) is 1. The van der Waals surface area contributed by atoms with Crippen LogP contribution in [0.1, 0.15) is 10.4 Å². The highest BCUT2D eigenvalue weighted by Crippen LogP contribution is 2.32. The number of ether oxygens (including phenoxy) is 1. The second-order valence-corrected chi connectivity index (χ2v) is 3.72. The molecule has 0 aliphatic heterocycles. The second kappa shape index (κ2) is 4.32. The Bertz CT molecular complexity index is 521. The Morgan fingerprint density at radius 3 is 2.81 bits per heavy atom. The Morgan fingerprint density at radius 2 is 2.12 bits per heavy atom. The number of aromatic nitrogens is 1. The number of hydrogen-bond donors (Lipinski definition) is 1. The van der Waals surface area contributed by atoms with Gasteiger partial charge < -0.3 is 9.84 Å². The Morgan fingerprint density at radius 1 is 1.38 bits per heavy atom. The minimum Gasteiger partial charge on any atom is -0.480 e. The number of carboxylic acid groups (broad SMARTS) is 1. The molecule has 0 saturated heterocycles. The average molecular weight is 235 g/mol.